The standard InChI is InChI=1S/C26H25N5O3/c1-4-6-16(5-2)31-14-23(34-3)19-8-7-15(9-20(19)26(31)33)21-13-30(17-10-18(32)11-17)22-12-28-29-25(27)24(21)22/h4-9,12-14,17-18,32H,1-2,10-11H2,3H3,(H2,27,29)/b16-6+. The number of methoxy groups -OCH3 is 1. The molecule has 0 amide bonds. The van der Waals surface area contributed by atoms with Gasteiger partial charge in [-0.3, -0.25) is 9.36 Å². The fraction of sp³-hybridized carbons (Fsp3) is 0.192. The Hall–Kier alpha value is -4.17. The van der Waals surface area contributed by atoms with Gasteiger partial charge in [0.1, 0.15) is 5.75 Å². The van der Waals surface area contributed by atoms with E-state index in [0.29, 0.717) is 40.9 Å². The van der Waals surface area contributed by atoms with Gasteiger partial charge in [0, 0.05) is 28.9 Å². The maximum absolute atomic E-state index is 13.5. The molecule has 1 aliphatic rings. The van der Waals surface area contributed by atoms with Crippen LogP contribution in [0.5, 0.6) is 5.75 Å². The van der Waals surface area contributed by atoms with Crippen molar-refractivity contribution in [2.45, 2.75) is 25.0 Å². The van der Waals surface area contributed by atoms with Gasteiger partial charge in [0.2, 0.25) is 0 Å². The average Bonchev–Trinajstić information content (AvgIpc) is 3.21. The summed E-state index contributed by atoms with van der Waals surface area (Å²) in [6, 6.07) is 5.82. The van der Waals surface area contributed by atoms with E-state index in [4.69, 9.17) is 10.5 Å². The van der Waals surface area contributed by atoms with Crippen molar-refractivity contribution in [2.75, 3.05) is 12.8 Å². The van der Waals surface area contributed by atoms with E-state index in [0.717, 1.165) is 22.0 Å². The number of nitrogens with zero attached hydrogens (tertiary/aromatic N) is 4. The van der Waals surface area contributed by atoms with Gasteiger partial charge in [0.05, 0.1) is 41.9 Å². The zero-order chi connectivity index (χ0) is 24.0. The third-order valence-corrected chi connectivity index (χ3v) is 6.44. The molecule has 0 radical (unpaired) electrons. The molecule has 1 aliphatic carbocycles. The smallest absolute Gasteiger partial charge is 0.263 e. The van der Waals surface area contributed by atoms with E-state index in [2.05, 4.69) is 27.9 Å². The SMILES string of the molecule is C=C/C=C(\C=C)n1cc(OC)c2ccc(-c3cn(C4CC(O)C4)c4cnnc(N)c34)cc2c1=O. The summed E-state index contributed by atoms with van der Waals surface area (Å²) in [5.41, 5.74) is 9.16. The molecule has 1 fully saturated rings. The van der Waals surface area contributed by atoms with Crippen molar-refractivity contribution in [1.29, 1.82) is 0 Å². The summed E-state index contributed by atoms with van der Waals surface area (Å²) < 4.78 is 9.18. The van der Waals surface area contributed by atoms with Crippen molar-refractivity contribution < 1.29 is 9.84 Å². The van der Waals surface area contributed by atoms with Crippen LogP contribution in [0.15, 0.2) is 73.0 Å². The Morgan fingerprint density at radius 2 is 2.06 bits per heavy atom. The number of nitrogen functional groups attached to an aromatic ring is 1. The first-order chi connectivity index (χ1) is 16.5. The molecule has 0 unspecified atom stereocenters. The van der Waals surface area contributed by atoms with Gasteiger partial charge in [-0.05, 0) is 42.7 Å². The summed E-state index contributed by atoms with van der Waals surface area (Å²) in [5.74, 6) is 0.881. The average molecular weight is 456 g/mol. The first-order valence-corrected chi connectivity index (χ1v) is 11.0. The highest BCUT2D eigenvalue weighted by Gasteiger charge is 2.30. The molecular formula is C26H25N5O3. The highest BCUT2D eigenvalue weighted by atomic mass is 16.5. The summed E-state index contributed by atoms with van der Waals surface area (Å²) in [4.78, 5) is 13.5. The lowest BCUT2D eigenvalue weighted by molar-refractivity contribution is 0.0503. The van der Waals surface area contributed by atoms with Crippen molar-refractivity contribution in [3.8, 4) is 16.9 Å². The molecular weight excluding hydrogens is 430 g/mol. The Kier molecular flexibility index (Phi) is 5.30. The van der Waals surface area contributed by atoms with Crippen LogP contribution >= 0.6 is 0 Å². The van der Waals surface area contributed by atoms with E-state index in [9.17, 15) is 9.90 Å². The number of rotatable bonds is 6. The summed E-state index contributed by atoms with van der Waals surface area (Å²) >= 11 is 0. The number of fused-ring (bicyclic) bond motifs is 2. The van der Waals surface area contributed by atoms with Crippen LogP contribution in [-0.4, -0.2) is 37.7 Å². The number of nitrogens with two attached hydrogens (primary N) is 1. The van der Waals surface area contributed by atoms with Gasteiger partial charge in [-0.25, -0.2) is 0 Å². The van der Waals surface area contributed by atoms with Gasteiger partial charge in [-0.1, -0.05) is 25.3 Å². The Morgan fingerprint density at radius 1 is 1.26 bits per heavy atom. The second-order valence-corrected chi connectivity index (χ2v) is 8.38. The van der Waals surface area contributed by atoms with Gasteiger partial charge >= 0.3 is 0 Å². The van der Waals surface area contributed by atoms with Crippen molar-refractivity contribution in [1.82, 2.24) is 19.3 Å². The minimum atomic E-state index is -0.299. The van der Waals surface area contributed by atoms with Crippen LogP contribution in [0.2, 0.25) is 0 Å². The van der Waals surface area contributed by atoms with E-state index in [1.807, 2.05) is 24.4 Å². The lowest BCUT2D eigenvalue weighted by atomic mass is 9.89. The second-order valence-electron chi connectivity index (χ2n) is 8.38. The van der Waals surface area contributed by atoms with Crippen LogP contribution < -0.4 is 16.0 Å². The van der Waals surface area contributed by atoms with Crippen LogP contribution in [0, 0.1) is 0 Å². The first kappa shape index (κ1) is 21.7. The molecule has 0 atom stereocenters. The second kappa shape index (κ2) is 8.31. The fourth-order valence-electron chi connectivity index (χ4n) is 4.64. The summed E-state index contributed by atoms with van der Waals surface area (Å²) in [6.45, 7) is 7.54. The first-order valence-electron chi connectivity index (χ1n) is 11.0. The minimum Gasteiger partial charge on any atom is -0.495 e. The molecule has 1 aromatic carbocycles. The lowest BCUT2D eigenvalue weighted by Crippen LogP contribution is -2.30. The minimum absolute atomic E-state index is 0.159. The van der Waals surface area contributed by atoms with E-state index in [-0.39, 0.29) is 17.7 Å². The van der Waals surface area contributed by atoms with Crippen LogP contribution in [-0.2, 0) is 0 Å². The summed E-state index contributed by atoms with van der Waals surface area (Å²) in [5, 5.41) is 19.9. The number of hydrogen-bond donors (Lipinski definition) is 2. The monoisotopic (exact) mass is 455 g/mol. The highest BCUT2D eigenvalue weighted by molar-refractivity contribution is 6.04. The van der Waals surface area contributed by atoms with Crippen LogP contribution in [0.25, 0.3) is 38.5 Å². The van der Waals surface area contributed by atoms with Crippen LogP contribution in [0.3, 0.4) is 0 Å². The number of allylic oxidation sites excluding steroid dienone is 4. The quantitative estimate of drug-likeness (QED) is 0.427. The normalized spacial score (nSPS) is 18.1. The fourth-order valence-corrected chi connectivity index (χ4v) is 4.64. The van der Waals surface area contributed by atoms with Gasteiger partial charge in [-0.15, -0.1) is 5.10 Å². The third kappa shape index (κ3) is 3.31. The number of benzene rings is 1. The van der Waals surface area contributed by atoms with E-state index in [1.165, 1.54) is 4.57 Å². The van der Waals surface area contributed by atoms with Crippen molar-refractivity contribution in [3.63, 3.8) is 0 Å². The molecule has 3 aromatic heterocycles. The molecule has 0 spiro atoms. The number of pyridine rings is 1. The zero-order valence-electron chi connectivity index (χ0n) is 18.8. The maximum atomic E-state index is 13.5. The predicted molar refractivity (Wildman–Crippen MR) is 135 cm³/mol. The Labute approximate surface area is 195 Å². The molecule has 8 heteroatoms. The molecule has 1 saturated carbocycles. The zero-order valence-corrected chi connectivity index (χ0v) is 18.8. The largest absolute Gasteiger partial charge is 0.495 e. The topological polar surface area (TPSA) is 108 Å². The number of aromatic nitrogens is 4. The lowest BCUT2D eigenvalue weighted by Gasteiger charge is -2.33. The number of aliphatic hydroxyl groups is 1. The number of ether oxygens (including phenoxy) is 1. The molecule has 0 saturated heterocycles. The molecule has 3 heterocycles. The number of anilines is 1. The molecule has 8 nitrogen and oxygen atoms in total. The molecule has 34 heavy (non-hydrogen) atoms. The van der Waals surface area contributed by atoms with E-state index >= 15 is 0 Å². The van der Waals surface area contributed by atoms with E-state index < -0.39 is 0 Å². The molecule has 3 N–H and O–H groups in total. The highest BCUT2D eigenvalue weighted by Crippen LogP contribution is 2.41. The van der Waals surface area contributed by atoms with Gasteiger partial charge in [0.25, 0.3) is 5.56 Å². The van der Waals surface area contributed by atoms with Gasteiger partial charge < -0.3 is 20.1 Å². The molecule has 4 aromatic rings. The Bertz CT molecular complexity index is 1540. The van der Waals surface area contributed by atoms with Gasteiger partial charge in [-0.2, -0.15) is 5.10 Å². The molecule has 172 valence electrons. The van der Waals surface area contributed by atoms with Crippen molar-refractivity contribution in [3.05, 3.63) is 78.5 Å². The molecule has 5 rings (SSSR count). The Balaban J connectivity index is 1.77. The summed E-state index contributed by atoms with van der Waals surface area (Å²) in [7, 11) is 1.57. The Morgan fingerprint density at radius 3 is 2.74 bits per heavy atom. The van der Waals surface area contributed by atoms with Crippen molar-refractivity contribution >= 4 is 33.2 Å². The van der Waals surface area contributed by atoms with E-state index in [1.54, 1.807) is 37.7 Å². The van der Waals surface area contributed by atoms with Crippen LogP contribution in [0.1, 0.15) is 18.9 Å². The van der Waals surface area contributed by atoms with Crippen molar-refractivity contribution in [2.24, 2.45) is 0 Å². The molecule has 0 aliphatic heterocycles. The summed E-state index contributed by atoms with van der Waals surface area (Å²) in [6.07, 6.45) is 11.3. The van der Waals surface area contributed by atoms with Gasteiger partial charge in [0.15, 0.2) is 5.82 Å². The number of hydrogen-bond acceptors (Lipinski definition) is 6. The molecule has 0 bridgehead atoms. The van der Waals surface area contributed by atoms with Crippen LogP contribution in [0.4, 0.5) is 5.82 Å². The maximum Gasteiger partial charge on any atom is 0.263 e. The third-order valence-electron chi connectivity index (χ3n) is 6.44. The predicted octanol–water partition coefficient (Wildman–Crippen LogP) is 3.91. The number of aliphatic hydroxyl groups excluding tert-OH is 1.